The molecule has 0 saturated heterocycles. The SMILES string of the molecule is Cc1c(Cl)cccc1-c1ccc(CNCCSc2nnnn2-c2ccccc2)o1.[Cl-]. The normalized spacial score (nSPS) is 10.7. The van der Waals surface area contributed by atoms with Crippen molar-refractivity contribution < 1.29 is 16.8 Å². The quantitative estimate of drug-likeness (QED) is 0.319. The number of furan rings is 1. The third kappa shape index (κ3) is 5.23. The predicted octanol–water partition coefficient (Wildman–Crippen LogP) is 1.77. The summed E-state index contributed by atoms with van der Waals surface area (Å²) < 4.78 is 7.72. The zero-order valence-electron chi connectivity index (χ0n) is 16.3. The first-order valence-corrected chi connectivity index (χ1v) is 10.6. The number of thioether (sulfide) groups is 1. The molecule has 0 radical (unpaired) electrons. The second kappa shape index (κ2) is 10.6. The van der Waals surface area contributed by atoms with Crippen LogP contribution in [-0.4, -0.2) is 32.5 Å². The molecule has 0 aliphatic heterocycles. The number of hydrogen-bond donors (Lipinski definition) is 1. The number of rotatable bonds is 8. The molecule has 0 atom stereocenters. The molecule has 2 aromatic carbocycles. The van der Waals surface area contributed by atoms with Gasteiger partial charge in [0.25, 0.3) is 0 Å². The molecule has 0 aliphatic rings. The summed E-state index contributed by atoms with van der Waals surface area (Å²) in [5, 5.41) is 16.9. The van der Waals surface area contributed by atoms with E-state index < -0.39 is 0 Å². The van der Waals surface area contributed by atoms with Crippen LogP contribution < -0.4 is 17.7 Å². The van der Waals surface area contributed by atoms with E-state index in [1.807, 2.05) is 67.6 Å². The molecule has 2 heterocycles. The zero-order valence-corrected chi connectivity index (χ0v) is 18.6. The molecule has 0 bridgehead atoms. The lowest BCUT2D eigenvalue weighted by molar-refractivity contribution is -0.00000644. The van der Waals surface area contributed by atoms with E-state index >= 15 is 0 Å². The first-order valence-electron chi connectivity index (χ1n) is 9.24. The highest BCUT2D eigenvalue weighted by atomic mass is 35.5. The summed E-state index contributed by atoms with van der Waals surface area (Å²) in [7, 11) is 0. The van der Waals surface area contributed by atoms with Gasteiger partial charge in [0.05, 0.1) is 12.2 Å². The second-order valence-corrected chi connectivity index (χ2v) is 7.88. The highest BCUT2D eigenvalue weighted by molar-refractivity contribution is 7.99. The third-order valence-corrected chi connectivity index (χ3v) is 5.78. The van der Waals surface area contributed by atoms with Gasteiger partial charge in [0.15, 0.2) is 0 Å². The standard InChI is InChI=1S/C21H20ClN5OS.ClH/c1-15-18(8-5-9-19(15)22)20-11-10-17(28-20)14-23-12-13-29-21-24-25-26-27(21)16-6-3-2-4-7-16;/h2-11,23H,12-14H2,1H3;1H/p-1. The van der Waals surface area contributed by atoms with Crippen molar-refractivity contribution in [3.63, 3.8) is 0 Å². The Morgan fingerprint density at radius 2 is 1.90 bits per heavy atom. The van der Waals surface area contributed by atoms with E-state index in [2.05, 4.69) is 20.8 Å². The molecule has 2 aromatic heterocycles. The number of hydrogen-bond acceptors (Lipinski definition) is 6. The number of halogens is 2. The van der Waals surface area contributed by atoms with Gasteiger partial charge in [0.2, 0.25) is 5.16 Å². The third-order valence-electron chi connectivity index (χ3n) is 4.45. The van der Waals surface area contributed by atoms with Crippen molar-refractivity contribution in [3.8, 4) is 17.0 Å². The smallest absolute Gasteiger partial charge is 0.214 e. The molecular formula is C21H20Cl2N5OS-. The van der Waals surface area contributed by atoms with E-state index in [-0.39, 0.29) is 12.4 Å². The molecule has 156 valence electrons. The number of benzene rings is 2. The van der Waals surface area contributed by atoms with Crippen molar-refractivity contribution in [1.29, 1.82) is 0 Å². The van der Waals surface area contributed by atoms with Gasteiger partial charge in [-0.2, -0.15) is 4.68 Å². The Hall–Kier alpha value is -2.32. The van der Waals surface area contributed by atoms with E-state index in [1.54, 1.807) is 16.4 Å². The molecule has 30 heavy (non-hydrogen) atoms. The van der Waals surface area contributed by atoms with Crippen LogP contribution >= 0.6 is 23.4 Å². The maximum Gasteiger partial charge on any atom is 0.214 e. The molecular weight excluding hydrogens is 441 g/mol. The van der Waals surface area contributed by atoms with Crippen molar-refractivity contribution in [1.82, 2.24) is 25.5 Å². The molecule has 4 rings (SSSR count). The van der Waals surface area contributed by atoms with Crippen LogP contribution in [0.3, 0.4) is 0 Å². The van der Waals surface area contributed by atoms with Crippen LogP contribution in [-0.2, 0) is 6.54 Å². The number of nitrogens with zero attached hydrogens (tertiary/aromatic N) is 4. The Balaban J connectivity index is 0.00000256. The first-order chi connectivity index (χ1) is 14.2. The van der Waals surface area contributed by atoms with Gasteiger partial charge in [-0.1, -0.05) is 53.7 Å². The monoisotopic (exact) mass is 460 g/mol. The molecule has 6 nitrogen and oxygen atoms in total. The molecule has 1 N–H and O–H groups in total. The average Bonchev–Trinajstić information content (AvgIpc) is 3.40. The number of aromatic nitrogens is 4. The van der Waals surface area contributed by atoms with Gasteiger partial charge in [-0.3, -0.25) is 0 Å². The largest absolute Gasteiger partial charge is 1.00 e. The average molecular weight is 461 g/mol. The lowest BCUT2D eigenvalue weighted by atomic mass is 10.1. The van der Waals surface area contributed by atoms with Crippen LogP contribution in [0.4, 0.5) is 0 Å². The van der Waals surface area contributed by atoms with Gasteiger partial charge >= 0.3 is 0 Å². The molecule has 0 spiro atoms. The fourth-order valence-electron chi connectivity index (χ4n) is 2.92. The summed E-state index contributed by atoms with van der Waals surface area (Å²) in [5.41, 5.74) is 3.00. The number of tetrazole rings is 1. The maximum absolute atomic E-state index is 6.21. The van der Waals surface area contributed by atoms with Crippen LogP contribution in [0.5, 0.6) is 0 Å². The van der Waals surface area contributed by atoms with Gasteiger partial charge in [0, 0.05) is 22.9 Å². The van der Waals surface area contributed by atoms with Gasteiger partial charge in [-0.15, -0.1) is 5.10 Å². The molecule has 0 amide bonds. The second-order valence-electron chi connectivity index (χ2n) is 6.41. The minimum Gasteiger partial charge on any atom is -1.00 e. The molecule has 0 aliphatic carbocycles. The van der Waals surface area contributed by atoms with Gasteiger partial charge in [-0.25, -0.2) is 0 Å². The van der Waals surface area contributed by atoms with E-state index in [9.17, 15) is 0 Å². The highest BCUT2D eigenvalue weighted by Crippen LogP contribution is 2.29. The molecule has 0 unspecified atom stereocenters. The van der Waals surface area contributed by atoms with Crippen molar-refractivity contribution in [3.05, 3.63) is 77.0 Å². The Morgan fingerprint density at radius 3 is 2.73 bits per heavy atom. The maximum atomic E-state index is 6.21. The summed E-state index contributed by atoms with van der Waals surface area (Å²) >= 11 is 7.82. The minimum absolute atomic E-state index is 0. The van der Waals surface area contributed by atoms with Crippen molar-refractivity contribution in [2.75, 3.05) is 12.3 Å². The van der Waals surface area contributed by atoms with Crippen molar-refractivity contribution in [2.24, 2.45) is 0 Å². The van der Waals surface area contributed by atoms with Crippen LogP contribution in [0.2, 0.25) is 5.02 Å². The minimum atomic E-state index is 0. The van der Waals surface area contributed by atoms with E-state index in [4.69, 9.17) is 16.0 Å². The number of para-hydroxylation sites is 1. The summed E-state index contributed by atoms with van der Waals surface area (Å²) in [4.78, 5) is 0. The molecule has 0 saturated carbocycles. The molecule has 9 heteroatoms. The summed E-state index contributed by atoms with van der Waals surface area (Å²) in [6, 6.07) is 19.7. The summed E-state index contributed by atoms with van der Waals surface area (Å²) in [6.07, 6.45) is 0. The Labute approximate surface area is 190 Å². The van der Waals surface area contributed by atoms with E-state index in [1.165, 1.54) is 0 Å². The lowest BCUT2D eigenvalue weighted by Gasteiger charge is -2.05. The van der Waals surface area contributed by atoms with E-state index in [0.717, 1.165) is 50.8 Å². The van der Waals surface area contributed by atoms with Gasteiger partial charge < -0.3 is 22.1 Å². The Morgan fingerprint density at radius 1 is 1.07 bits per heavy atom. The topological polar surface area (TPSA) is 68.8 Å². The summed E-state index contributed by atoms with van der Waals surface area (Å²) in [5.74, 6) is 2.56. The highest BCUT2D eigenvalue weighted by Gasteiger charge is 2.10. The van der Waals surface area contributed by atoms with Crippen LogP contribution in [0.15, 0.2) is 70.2 Å². The van der Waals surface area contributed by atoms with Gasteiger partial charge in [0.1, 0.15) is 11.5 Å². The van der Waals surface area contributed by atoms with Crippen LogP contribution in [0.25, 0.3) is 17.0 Å². The van der Waals surface area contributed by atoms with Gasteiger partial charge in [-0.05, 0) is 53.2 Å². The van der Waals surface area contributed by atoms with Crippen molar-refractivity contribution in [2.45, 2.75) is 18.6 Å². The zero-order chi connectivity index (χ0) is 20.1. The van der Waals surface area contributed by atoms with Crippen molar-refractivity contribution >= 4 is 23.4 Å². The Kier molecular flexibility index (Phi) is 7.93. The first kappa shape index (κ1) is 22.4. The van der Waals surface area contributed by atoms with E-state index in [0.29, 0.717) is 6.54 Å². The number of nitrogens with one attached hydrogen (secondary N) is 1. The Bertz CT molecular complexity index is 1080. The van der Waals surface area contributed by atoms with Crippen LogP contribution in [0, 0.1) is 6.92 Å². The lowest BCUT2D eigenvalue weighted by Crippen LogP contribution is -3.00. The fourth-order valence-corrected chi connectivity index (χ4v) is 3.88. The molecule has 4 aromatic rings. The van der Waals surface area contributed by atoms with Crippen LogP contribution in [0.1, 0.15) is 11.3 Å². The fraction of sp³-hybridized carbons (Fsp3) is 0.190. The molecule has 0 fully saturated rings. The predicted molar refractivity (Wildman–Crippen MR) is 115 cm³/mol. The summed E-state index contributed by atoms with van der Waals surface area (Å²) in [6.45, 7) is 3.46.